The smallest absolute Gasteiger partial charge is 0.330 e. The van der Waals surface area contributed by atoms with Crippen molar-refractivity contribution in [2.24, 2.45) is 0 Å². The second-order valence-electron chi connectivity index (χ2n) is 4.67. The highest BCUT2D eigenvalue weighted by molar-refractivity contribution is 5.87. The van der Waals surface area contributed by atoms with E-state index in [-0.39, 0.29) is 0 Å². The summed E-state index contributed by atoms with van der Waals surface area (Å²) in [5.74, 6) is -0.729. The zero-order chi connectivity index (χ0) is 16.5. The van der Waals surface area contributed by atoms with Crippen molar-refractivity contribution in [2.75, 3.05) is 13.2 Å². The Morgan fingerprint density at radius 3 is 2.23 bits per heavy atom. The quantitative estimate of drug-likeness (QED) is 0.297. The molecule has 0 spiro atoms. The summed E-state index contributed by atoms with van der Waals surface area (Å²) < 4.78 is 4.72. The first kappa shape index (κ1) is 18.3. The Balaban J connectivity index is 2.41. The third-order valence-electron chi connectivity index (χ3n) is 2.93. The molecule has 7 nitrogen and oxygen atoms in total. The molecule has 7 heteroatoms. The Kier molecular flexibility index (Phi) is 7.72. The van der Waals surface area contributed by atoms with E-state index in [1.165, 1.54) is 6.08 Å². The van der Waals surface area contributed by atoms with Crippen LogP contribution in [0.2, 0.25) is 0 Å². The normalized spacial score (nSPS) is 17.0. The highest BCUT2D eigenvalue weighted by Gasteiger charge is 2.30. The van der Waals surface area contributed by atoms with Gasteiger partial charge >= 0.3 is 5.97 Å². The molecule has 122 valence electrons. The van der Waals surface area contributed by atoms with Gasteiger partial charge in [-0.3, -0.25) is 0 Å². The van der Waals surface area contributed by atoms with Crippen LogP contribution >= 0.6 is 0 Å². The Hall–Kier alpha value is -1.77. The van der Waals surface area contributed by atoms with Crippen LogP contribution in [-0.2, 0) is 9.53 Å². The molecule has 0 bridgehead atoms. The predicted molar refractivity (Wildman–Crippen MR) is 77.5 cm³/mol. The van der Waals surface area contributed by atoms with E-state index in [1.54, 1.807) is 24.3 Å². The summed E-state index contributed by atoms with van der Waals surface area (Å²) in [6.07, 6.45) is -4.02. The van der Waals surface area contributed by atoms with Gasteiger partial charge in [0.15, 0.2) is 0 Å². The van der Waals surface area contributed by atoms with Crippen molar-refractivity contribution >= 4 is 12.0 Å². The minimum Gasteiger partial charge on any atom is -0.460 e. The molecule has 0 aromatic heterocycles. The number of carbonyl (C=O) groups is 1. The maximum absolute atomic E-state index is 11.4. The van der Waals surface area contributed by atoms with E-state index in [0.29, 0.717) is 0 Å². The third kappa shape index (κ3) is 5.92. The summed E-state index contributed by atoms with van der Waals surface area (Å²) in [4.78, 5) is 11.4. The molecule has 0 radical (unpaired) electrons. The summed E-state index contributed by atoms with van der Waals surface area (Å²) >= 11 is 0. The molecule has 0 saturated heterocycles. The summed E-state index contributed by atoms with van der Waals surface area (Å²) in [7, 11) is 0. The van der Waals surface area contributed by atoms with E-state index < -0.39 is 43.6 Å². The summed E-state index contributed by atoms with van der Waals surface area (Å²) in [5.41, 5.74) is 0.793. The van der Waals surface area contributed by atoms with Crippen LogP contribution in [0.4, 0.5) is 0 Å². The van der Waals surface area contributed by atoms with Crippen molar-refractivity contribution in [1.29, 1.82) is 0 Å². The molecule has 1 rings (SSSR count). The lowest BCUT2D eigenvalue weighted by Gasteiger charge is -2.25. The number of ether oxygens (including phenoxy) is 1. The minimum atomic E-state index is -1.76. The van der Waals surface area contributed by atoms with Gasteiger partial charge in [-0.1, -0.05) is 30.3 Å². The van der Waals surface area contributed by atoms with E-state index >= 15 is 0 Å². The number of hydrogen-bond acceptors (Lipinski definition) is 7. The summed E-state index contributed by atoms with van der Waals surface area (Å²) in [6, 6.07) is 9.02. The molecular formula is C15H20O7. The Morgan fingerprint density at radius 2 is 1.64 bits per heavy atom. The second-order valence-corrected chi connectivity index (χ2v) is 4.67. The molecule has 0 aliphatic carbocycles. The number of carbonyl (C=O) groups excluding carboxylic acids is 1. The van der Waals surface area contributed by atoms with Crippen molar-refractivity contribution in [3.8, 4) is 0 Å². The fraction of sp³-hybridized carbons (Fsp3) is 0.400. The number of aliphatic hydroxyl groups is 5. The number of benzene rings is 1. The molecule has 1 aromatic carbocycles. The third-order valence-corrected chi connectivity index (χ3v) is 2.93. The molecule has 0 unspecified atom stereocenters. The second kappa shape index (κ2) is 9.29. The monoisotopic (exact) mass is 312 g/mol. The largest absolute Gasteiger partial charge is 0.460 e. The first-order chi connectivity index (χ1) is 10.5. The zero-order valence-electron chi connectivity index (χ0n) is 11.8. The lowest BCUT2D eigenvalue weighted by molar-refractivity contribution is -0.151. The average Bonchev–Trinajstić information content (AvgIpc) is 2.56. The number of esters is 1. The Bertz CT molecular complexity index is 474. The molecule has 0 fully saturated rings. The SMILES string of the molecule is O=C(/C=C/c1ccccc1)OC[C@H](O)[C@H](O)[C@H](O)[C@@H](O)CO. The van der Waals surface area contributed by atoms with Gasteiger partial charge in [0, 0.05) is 6.08 Å². The Labute approximate surface area is 127 Å². The van der Waals surface area contributed by atoms with Crippen LogP contribution in [0.1, 0.15) is 5.56 Å². The molecule has 5 N–H and O–H groups in total. The molecule has 22 heavy (non-hydrogen) atoms. The van der Waals surface area contributed by atoms with Crippen LogP contribution < -0.4 is 0 Å². The van der Waals surface area contributed by atoms with Gasteiger partial charge < -0.3 is 30.3 Å². The zero-order valence-corrected chi connectivity index (χ0v) is 11.8. The van der Waals surface area contributed by atoms with Crippen LogP contribution in [0.3, 0.4) is 0 Å². The van der Waals surface area contributed by atoms with Gasteiger partial charge in [-0.05, 0) is 11.6 Å². The fourth-order valence-electron chi connectivity index (χ4n) is 1.61. The predicted octanol–water partition coefficient (Wildman–Crippen LogP) is -1.32. The summed E-state index contributed by atoms with van der Waals surface area (Å²) in [6.45, 7) is -1.33. The van der Waals surface area contributed by atoms with Crippen LogP contribution in [0.5, 0.6) is 0 Å². The molecule has 0 saturated carbocycles. The van der Waals surface area contributed by atoms with Gasteiger partial charge in [0.1, 0.15) is 31.0 Å². The molecular weight excluding hydrogens is 292 g/mol. The van der Waals surface area contributed by atoms with Crippen molar-refractivity contribution in [3.05, 3.63) is 42.0 Å². The van der Waals surface area contributed by atoms with Gasteiger partial charge in [-0.25, -0.2) is 4.79 Å². The van der Waals surface area contributed by atoms with Gasteiger partial charge in [-0.15, -0.1) is 0 Å². The highest BCUT2D eigenvalue weighted by Crippen LogP contribution is 2.06. The molecule has 0 aliphatic rings. The first-order valence-corrected chi connectivity index (χ1v) is 6.68. The number of rotatable bonds is 8. The topological polar surface area (TPSA) is 127 Å². The van der Waals surface area contributed by atoms with Gasteiger partial charge in [-0.2, -0.15) is 0 Å². The Morgan fingerprint density at radius 1 is 1.05 bits per heavy atom. The molecule has 0 heterocycles. The van der Waals surface area contributed by atoms with Crippen molar-refractivity contribution < 1.29 is 35.1 Å². The van der Waals surface area contributed by atoms with E-state index in [1.807, 2.05) is 6.07 Å². The van der Waals surface area contributed by atoms with Crippen molar-refractivity contribution in [3.63, 3.8) is 0 Å². The molecule has 0 aliphatic heterocycles. The number of hydrogen-bond donors (Lipinski definition) is 5. The average molecular weight is 312 g/mol. The lowest BCUT2D eigenvalue weighted by atomic mass is 10.0. The molecule has 4 atom stereocenters. The fourth-order valence-corrected chi connectivity index (χ4v) is 1.61. The maximum atomic E-state index is 11.4. The van der Waals surface area contributed by atoms with Gasteiger partial charge in [0.2, 0.25) is 0 Å². The van der Waals surface area contributed by atoms with Gasteiger partial charge in [0.25, 0.3) is 0 Å². The van der Waals surface area contributed by atoms with Crippen LogP contribution in [0.25, 0.3) is 6.08 Å². The van der Waals surface area contributed by atoms with Crippen molar-refractivity contribution in [2.45, 2.75) is 24.4 Å². The van der Waals surface area contributed by atoms with E-state index in [0.717, 1.165) is 11.6 Å². The summed E-state index contributed by atoms with van der Waals surface area (Å²) in [5, 5.41) is 46.3. The van der Waals surface area contributed by atoms with E-state index in [2.05, 4.69) is 0 Å². The van der Waals surface area contributed by atoms with Crippen LogP contribution in [-0.4, -0.2) is 69.1 Å². The standard InChI is InChI=1S/C15H20O7/c16-8-11(17)14(20)15(21)12(18)9-22-13(19)7-6-10-4-2-1-3-5-10/h1-7,11-12,14-18,20-21H,8-9H2/b7-6+/t11-,12-,14+,15-/m0/s1. The number of aliphatic hydroxyl groups excluding tert-OH is 5. The van der Waals surface area contributed by atoms with Crippen LogP contribution in [0.15, 0.2) is 36.4 Å². The highest BCUT2D eigenvalue weighted by atomic mass is 16.5. The van der Waals surface area contributed by atoms with Crippen molar-refractivity contribution in [1.82, 2.24) is 0 Å². The van der Waals surface area contributed by atoms with Gasteiger partial charge in [0.05, 0.1) is 6.61 Å². The maximum Gasteiger partial charge on any atom is 0.330 e. The molecule has 1 aromatic rings. The minimum absolute atomic E-state index is 0.561. The van der Waals surface area contributed by atoms with E-state index in [9.17, 15) is 20.1 Å². The van der Waals surface area contributed by atoms with E-state index in [4.69, 9.17) is 14.9 Å². The molecule has 0 amide bonds. The first-order valence-electron chi connectivity index (χ1n) is 6.68. The van der Waals surface area contributed by atoms with Crippen LogP contribution in [0, 0.1) is 0 Å². The lowest BCUT2D eigenvalue weighted by Crippen LogP contribution is -2.47.